The molecule has 2 aliphatic carbocycles. The third-order valence-corrected chi connectivity index (χ3v) is 7.24. The summed E-state index contributed by atoms with van der Waals surface area (Å²) >= 11 is 0. The smallest absolute Gasteiger partial charge is 0.243 e. The highest BCUT2D eigenvalue weighted by atomic mass is 16.5. The highest BCUT2D eigenvalue weighted by molar-refractivity contribution is 5.89. The number of hydrogen-bond donors (Lipinski definition) is 1. The minimum absolute atomic E-state index is 0.107. The van der Waals surface area contributed by atoms with Crippen LogP contribution in [0.3, 0.4) is 0 Å². The van der Waals surface area contributed by atoms with Crippen LogP contribution in [0, 0.1) is 10.8 Å². The van der Waals surface area contributed by atoms with Crippen molar-refractivity contribution < 1.29 is 9.53 Å². The van der Waals surface area contributed by atoms with Crippen LogP contribution in [0.1, 0.15) is 72.1 Å². The monoisotopic (exact) mass is 322 g/mol. The summed E-state index contributed by atoms with van der Waals surface area (Å²) in [4.78, 5) is 15.1. The zero-order valence-corrected chi connectivity index (χ0v) is 15.2. The van der Waals surface area contributed by atoms with Crippen LogP contribution in [0.15, 0.2) is 0 Å². The van der Waals surface area contributed by atoms with Crippen LogP contribution in [0.4, 0.5) is 0 Å². The van der Waals surface area contributed by atoms with Crippen LogP contribution in [0.2, 0.25) is 0 Å². The van der Waals surface area contributed by atoms with Gasteiger partial charge < -0.3 is 15.4 Å². The van der Waals surface area contributed by atoms with Gasteiger partial charge in [0, 0.05) is 31.5 Å². The highest BCUT2D eigenvalue weighted by Crippen LogP contribution is 2.51. The summed E-state index contributed by atoms with van der Waals surface area (Å²) in [6.45, 7) is 8.65. The van der Waals surface area contributed by atoms with Crippen molar-refractivity contribution in [3.05, 3.63) is 0 Å². The molecule has 4 heteroatoms. The van der Waals surface area contributed by atoms with E-state index in [0.717, 1.165) is 13.1 Å². The van der Waals surface area contributed by atoms with E-state index in [1.54, 1.807) is 0 Å². The normalized spacial score (nSPS) is 35.8. The Labute approximate surface area is 141 Å². The molecule has 132 valence electrons. The molecule has 3 rings (SSSR count). The molecule has 0 radical (unpaired) electrons. The number of piperidine rings is 1. The lowest BCUT2D eigenvalue weighted by atomic mass is 9.54. The Balaban J connectivity index is 1.61. The molecule has 1 heterocycles. The first-order chi connectivity index (χ1) is 10.8. The van der Waals surface area contributed by atoms with Crippen molar-refractivity contribution in [2.45, 2.75) is 83.8 Å². The molecular formula is C19H34N2O2. The molecule has 0 aromatic carbocycles. The molecule has 23 heavy (non-hydrogen) atoms. The number of nitrogens with zero attached hydrogens (tertiary/aromatic N) is 1. The van der Waals surface area contributed by atoms with Crippen LogP contribution in [0.5, 0.6) is 0 Å². The molecule has 0 bridgehead atoms. The van der Waals surface area contributed by atoms with Crippen LogP contribution >= 0.6 is 0 Å². The summed E-state index contributed by atoms with van der Waals surface area (Å²) in [7, 11) is 0. The standard InChI is InChI=1S/C19H34N2O2/c1-4-23-15-14-19(20,17(15,2)3)16(22)21-12-10-18(11-13-21)8-6-5-7-9-18/h15H,4-14,20H2,1-3H3. The number of ether oxygens (including phenoxy) is 1. The summed E-state index contributed by atoms with van der Waals surface area (Å²) in [5, 5.41) is 0. The van der Waals surface area contributed by atoms with E-state index in [0.29, 0.717) is 18.4 Å². The Morgan fingerprint density at radius 1 is 1.13 bits per heavy atom. The molecule has 1 amide bonds. The van der Waals surface area contributed by atoms with Crippen LogP contribution < -0.4 is 5.73 Å². The molecule has 0 aromatic heterocycles. The molecule has 2 saturated carbocycles. The van der Waals surface area contributed by atoms with Gasteiger partial charge in [-0.15, -0.1) is 0 Å². The average Bonchev–Trinajstić information content (AvgIpc) is 2.55. The fourth-order valence-corrected chi connectivity index (χ4v) is 5.07. The van der Waals surface area contributed by atoms with Crippen molar-refractivity contribution in [3.63, 3.8) is 0 Å². The largest absolute Gasteiger partial charge is 0.378 e. The van der Waals surface area contributed by atoms with Gasteiger partial charge >= 0.3 is 0 Å². The second-order valence-corrected chi connectivity index (χ2v) is 8.69. The molecule has 3 fully saturated rings. The van der Waals surface area contributed by atoms with Crippen LogP contribution in [-0.4, -0.2) is 42.1 Å². The van der Waals surface area contributed by atoms with Gasteiger partial charge in [0.1, 0.15) is 5.54 Å². The Morgan fingerprint density at radius 3 is 2.26 bits per heavy atom. The van der Waals surface area contributed by atoms with E-state index in [2.05, 4.69) is 13.8 Å². The van der Waals surface area contributed by atoms with Gasteiger partial charge in [-0.25, -0.2) is 0 Å². The van der Waals surface area contributed by atoms with E-state index in [9.17, 15) is 4.79 Å². The second-order valence-electron chi connectivity index (χ2n) is 8.69. The predicted octanol–water partition coefficient (Wildman–Crippen LogP) is 3.09. The molecule has 2 atom stereocenters. The van der Waals surface area contributed by atoms with Gasteiger partial charge in [-0.3, -0.25) is 4.79 Å². The second kappa shape index (κ2) is 6.03. The van der Waals surface area contributed by atoms with Gasteiger partial charge in [-0.1, -0.05) is 33.1 Å². The maximum Gasteiger partial charge on any atom is 0.243 e. The number of amides is 1. The Hall–Kier alpha value is -0.610. The Kier molecular flexibility index (Phi) is 4.52. The number of rotatable bonds is 3. The molecule has 2 unspecified atom stereocenters. The maximum absolute atomic E-state index is 13.1. The van der Waals surface area contributed by atoms with Gasteiger partial charge in [0.25, 0.3) is 0 Å². The zero-order chi connectivity index (χ0) is 16.7. The van der Waals surface area contributed by atoms with Crippen LogP contribution in [-0.2, 0) is 9.53 Å². The quantitative estimate of drug-likeness (QED) is 0.868. The van der Waals surface area contributed by atoms with E-state index in [1.165, 1.54) is 44.9 Å². The Morgan fingerprint density at radius 2 is 1.74 bits per heavy atom. The summed E-state index contributed by atoms with van der Waals surface area (Å²) in [5.74, 6) is 0.157. The van der Waals surface area contributed by atoms with E-state index in [4.69, 9.17) is 10.5 Å². The molecular weight excluding hydrogens is 288 g/mol. The maximum atomic E-state index is 13.1. The molecule has 2 N–H and O–H groups in total. The fraction of sp³-hybridized carbons (Fsp3) is 0.947. The molecule has 3 aliphatic rings. The SMILES string of the molecule is CCOC1CC(N)(C(=O)N2CCC3(CCCCC3)CC2)C1(C)C. The van der Waals surface area contributed by atoms with Crippen molar-refractivity contribution in [2.75, 3.05) is 19.7 Å². The summed E-state index contributed by atoms with van der Waals surface area (Å²) in [6.07, 6.45) is 9.97. The van der Waals surface area contributed by atoms with Gasteiger partial charge in [-0.2, -0.15) is 0 Å². The number of hydrogen-bond acceptors (Lipinski definition) is 3. The summed E-state index contributed by atoms with van der Waals surface area (Å²) in [6, 6.07) is 0. The van der Waals surface area contributed by atoms with E-state index in [-0.39, 0.29) is 17.4 Å². The molecule has 1 spiro atoms. The van der Waals surface area contributed by atoms with Crippen molar-refractivity contribution in [1.82, 2.24) is 4.90 Å². The number of carbonyl (C=O) groups excluding carboxylic acids is 1. The van der Waals surface area contributed by atoms with Crippen molar-refractivity contribution in [2.24, 2.45) is 16.6 Å². The first kappa shape index (κ1) is 17.2. The fourth-order valence-electron chi connectivity index (χ4n) is 5.07. The lowest BCUT2D eigenvalue weighted by molar-refractivity contribution is -0.181. The lowest BCUT2D eigenvalue weighted by Crippen LogP contribution is -2.76. The minimum Gasteiger partial charge on any atom is -0.378 e. The summed E-state index contributed by atoms with van der Waals surface area (Å²) in [5.41, 5.74) is 6.08. The first-order valence-electron chi connectivity index (χ1n) is 9.55. The van der Waals surface area contributed by atoms with Gasteiger partial charge in [0.15, 0.2) is 0 Å². The number of carbonyl (C=O) groups is 1. The van der Waals surface area contributed by atoms with E-state index < -0.39 is 5.54 Å². The first-order valence-corrected chi connectivity index (χ1v) is 9.55. The van der Waals surface area contributed by atoms with Gasteiger partial charge in [0.05, 0.1) is 6.10 Å². The number of likely N-dealkylation sites (tertiary alicyclic amines) is 1. The van der Waals surface area contributed by atoms with Gasteiger partial charge in [0.2, 0.25) is 5.91 Å². The zero-order valence-electron chi connectivity index (χ0n) is 15.2. The van der Waals surface area contributed by atoms with Crippen molar-refractivity contribution in [1.29, 1.82) is 0 Å². The topological polar surface area (TPSA) is 55.6 Å². The van der Waals surface area contributed by atoms with E-state index >= 15 is 0 Å². The van der Waals surface area contributed by atoms with Crippen molar-refractivity contribution in [3.8, 4) is 0 Å². The predicted molar refractivity (Wildman–Crippen MR) is 92.1 cm³/mol. The van der Waals surface area contributed by atoms with E-state index in [1.807, 2.05) is 11.8 Å². The Bertz CT molecular complexity index is 446. The minimum atomic E-state index is -0.746. The lowest BCUT2D eigenvalue weighted by Gasteiger charge is -2.59. The average molecular weight is 322 g/mol. The third kappa shape index (κ3) is 2.72. The molecule has 0 aromatic rings. The number of nitrogens with two attached hydrogens (primary N) is 1. The molecule has 1 aliphatic heterocycles. The van der Waals surface area contributed by atoms with Crippen LogP contribution in [0.25, 0.3) is 0 Å². The third-order valence-electron chi connectivity index (χ3n) is 7.24. The summed E-state index contributed by atoms with van der Waals surface area (Å²) < 4.78 is 5.77. The molecule has 4 nitrogen and oxygen atoms in total. The highest BCUT2D eigenvalue weighted by Gasteiger charge is 2.64. The van der Waals surface area contributed by atoms with Crippen molar-refractivity contribution >= 4 is 5.91 Å². The van der Waals surface area contributed by atoms with Gasteiger partial charge in [-0.05, 0) is 38.0 Å². The molecule has 1 saturated heterocycles.